The van der Waals surface area contributed by atoms with E-state index < -0.39 is 11.7 Å². The van der Waals surface area contributed by atoms with E-state index in [9.17, 15) is 13.2 Å². The van der Waals surface area contributed by atoms with Crippen LogP contribution in [0.25, 0.3) is 5.69 Å². The third-order valence-electron chi connectivity index (χ3n) is 2.61. The zero-order valence-corrected chi connectivity index (χ0v) is 11.3. The van der Waals surface area contributed by atoms with Crippen LogP contribution in [0.3, 0.4) is 0 Å². The molecule has 0 saturated heterocycles. The topological polar surface area (TPSA) is 17.8 Å². The van der Waals surface area contributed by atoms with Gasteiger partial charge in [-0.05, 0) is 24.6 Å². The number of benzene rings is 1. The van der Waals surface area contributed by atoms with Crippen LogP contribution in [0.2, 0.25) is 5.02 Å². The van der Waals surface area contributed by atoms with Crippen molar-refractivity contribution in [3.63, 3.8) is 0 Å². The Morgan fingerprint density at radius 2 is 2.00 bits per heavy atom. The molecule has 2 aromatic rings. The van der Waals surface area contributed by atoms with Crippen LogP contribution in [0.4, 0.5) is 13.2 Å². The molecule has 0 unspecified atom stereocenters. The van der Waals surface area contributed by atoms with Crippen LogP contribution in [0.1, 0.15) is 16.8 Å². The van der Waals surface area contributed by atoms with Gasteiger partial charge in [-0.15, -0.1) is 11.6 Å². The minimum Gasteiger partial charge on any atom is -0.239 e. The van der Waals surface area contributed by atoms with E-state index >= 15 is 0 Å². The lowest BCUT2D eigenvalue weighted by Gasteiger charge is -2.13. The summed E-state index contributed by atoms with van der Waals surface area (Å²) in [5, 5.41) is 4.28. The monoisotopic (exact) mass is 308 g/mol. The van der Waals surface area contributed by atoms with Crippen molar-refractivity contribution in [1.29, 1.82) is 0 Å². The van der Waals surface area contributed by atoms with Gasteiger partial charge in [0.05, 0.1) is 22.0 Å². The van der Waals surface area contributed by atoms with Crippen LogP contribution < -0.4 is 0 Å². The Morgan fingerprint density at radius 3 is 2.47 bits per heavy atom. The third-order valence-corrected chi connectivity index (χ3v) is 3.29. The van der Waals surface area contributed by atoms with Crippen LogP contribution in [-0.2, 0) is 12.1 Å². The van der Waals surface area contributed by atoms with Gasteiger partial charge in [0, 0.05) is 12.1 Å². The second-order valence-corrected chi connectivity index (χ2v) is 4.66. The van der Waals surface area contributed by atoms with Gasteiger partial charge in [-0.25, -0.2) is 4.68 Å². The summed E-state index contributed by atoms with van der Waals surface area (Å²) in [6.07, 6.45) is -3.13. The van der Waals surface area contributed by atoms with Gasteiger partial charge < -0.3 is 0 Å². The van der Waals surface area contributed by atoms with E-state index in [2.05, 4.69) is 5.10 Å². The fourth-order valence-electron chi connectivity index (χ4n) is 1.66. The number of nitrogens with zero attached hydrogens (tertiary/aromatic N) is 2. The summed E-state index contributed by atoms with van der Waals surface area (Å²) in [5.74, 6) is 0.0161. The van der Waals surface area contributed by atoms with Crippen molar-refractivity contribution >= 4 is 23.2 Å². The molecule has 0 atom stereocenters. The maximum absolute atomic E-state index is 13.0. The van der Waals surface area contributed by atoms with Gasteiger partial charge in [0.25, 0.3) is 0 Å². The summed E-state index contributed by atoms with van der Waals surface area (Å²) in [7, 11) is 0. The van der Waals surface area contributed by atoms with Gasteiger partial charge in [-0.2, -0.15) is 18.3 Å². The molecule has 19 heavy (non-hydrogen) atoms. The molecule has 0 aliphatic carbocycles. The molecule has 1 heterocycles. The van der Waals surface area contributed by atoms with Crippen molar-refractivity contribution in [3.05, 3.63) is 46.2 Å². The highest BCUT2D eigenvalue weighted by atomic mass is 35.5. The number of rotatable bonds is 2. The summed E-state index contributed by atoms with van der Waals surface area (Å²) >= 11 is 11.4. The third kappa shape index (κ3) is 2.87. The Bertz CT molecular complexity index is 586. The molecular weight excluding hydrogens is 300 g/mol. The second kappa shape index (κ2) is 5.06. The molecule has 0 radical (unpaired) electrons. The first-order valence-electron chi connectivity index (χ1n) is 5.31. The first-order chi connectivity index (χ1) is 8.82. The Labute approximate surface area is 117 Å². The maximum atomic E-state index is 13.0. The van der Waals surface area contributed by atoms with Crippen molar-refractivity contribution in [1.82, 2.24) is 9.78 Å². The summed E-state index contributed by atoms with van der Waals surface area (Å²) in [6.45, 7) is 1.62. The molecule has 0 aliphatic rings. The molecule has 0 spiro atoms. The molecule has 2 nitrogen and oxygen atoms in total. The quantitative estimate of drug-likeness (QED) is 0.742. The molecule has 1 aromatic heterocycles. The van der Waals surface area contributed by atoms with E-state index in [4.69, 9.17) is 23.2 Å². The SMILES string of the molecule is Cc1nn(-c2ccc(CCl)cc2C(F)(F)F)cc1Cl. The predicted molar refractivity (Wildman–Crippen MR) is 67.9 cm³/mol. The first kappa shape index (κ1) is 14.2. The van der Waals surface area contributed by atoms with Crippen LogP contribution in [-0.4, -0.2) is 9.78 Å². The molecule has 0 aliphatic heterocycles. The highest BCUT2D eigenvalue weighted by Crippen LogP contribution is 2.35. The lowest BCUT2D eigenvalue weighted by atomic mass is 10.1. The Morgan fingerprint density at radius 1 is 1.32 bits per heavy atom. The van der Waals surface area contributed by atoms with Gasteiger partial charge in [0.15, 0.2) is 0 Å². The van der Waals surface area contributed by atoms with E-state index in [1.807, 2.05) is 0 Å². The molecule has 0 bridgehead atoms. The Hall–Kier alpha value is -1.20. The molecule has 102 valence electrons. The summed E-state index contributed by atoms with van der Waals surface area (Å²) in [6, 6.07) is 3.89. The summed E-state index contributed by atoms with van der Waals surface area (Å²) in [4.78, 5) is 0. The smallest absolute Gasteiger partial charge is 0.239 e. The number of aromatic nitrogens is 2. The summed E-state index contributed by atoms with van der Waals surface area (Å²) in [5.41, 5.74) is 0.00473. The molecule has 7 heteroatoms. The van der Waals surface area contributed by atoms with Crippen LogP contribution in [0.15, 0.2) is 24.4 Å². The van der Waals surface area contributed by atoms with Gasteiger partial charge >= 0.3 is 6.18 Å². The minimum atomic E-state index is -4.48. The van der Waals surface area contributed by atoms with Gasteiger partial charge in [0.1, 0.15) is 0 Å². The average Bonchev–Trinajstić information content (AvgIpc) is 2.67. The van der Waals surface area contributed by atoms with Gasteiger partial charge in [-0.3, -0.25) is 0 Å². The number of hydrogen-bond donors (Lipinski definition) is 0. The average molecular weight is 309 g/mol. The highest BCUT2D eigenvalue weighted by molar-refractivity contribution is 6.31. The minimum absolute atomic E-state index is 0.0161. The van der Waals surface area contributed by atoms with Crippen LogP contribution in [0.5, 0.6) is 0 Å². The van der Waals surface area contributed by atoms with Crippen molar-refractivity contribution in [2.24, 2.45) is 0 Å². The zero-order valence-electron chi connectivity index (χ0n) is 9.80. The van der Waals surface area contributed by atoms with Gasteiger partial charge in [0.2, 0.25) is 0 Å². The van der Waals surface area contributed by atoms with Crippen LogP contribution in [0, 0.1) is 6.92 Å². The predicted octanol–water partition coefficient (Wildman–Crippen LogP) is 4.59. The van der Waals surface area contributed by atoms with E-state index in [1.165, 1.54) is 18.3 Å². The lowest BCUT2D eigenvalue weighted by molar-refractivity contribution is -0.137. The Kier molecular flexibility index (Phi) is 3.78. The lowest BCUT2D eigenvalue weighted by Crippen LogP contribution is -2.11. The molecule has 1 aromatic carbocycles. The van der Waals surface area contributed by atoms with E-state index in [0.29, 0.717) is 16.3 Å². The maximum Gasteiger partial charge on any atom is 0.418 e. The van der Waals surface area contributed by atoms with Gasteiger partial charge in [-0.1, -0.05) is 17.7 Å². The van der Waals surface area contributed by atoms with Crippen molar-refractivity contribution < 1.29 is 13.2 Å². The first-order valence-corrected chi connectivity index (χ1v) is 6.22. The molecule has 0 saturated carbocycles. The zero-order chi connectivity index (χ0) is 14.2. The van der Waals surface area contributed by atoms with Crippen molar-refractivity contribution in [2.75, 3.05) is 0 Å². The Balaban J connectivity index is 2.62. The van der Waals surface area contributed by atoms with E-state index in [0.717, 1.165) is 10.7 Å². The highest BCUT2D eigenvalue weighted by Gasteiger charge is 2.34. The van der Waals surface area contributed by atoms with Crippen molar-refractivity contribution in [3.8, 4) is 5.69 Å². The summed E-state index contributed by atoms with van der Waals surface area (Å²) < 4.78 is 40.2. The number of hydrogen-bond acceptors (Lipinski definition) is 1. The molecule has 0 amide bonds. The fraction of sp³-hybridized carbons (Fsp3) is 0.250. The number of alkyl halides is 4. The van der Waals surface area contributed by atoms with Crippen molar-refractivity contribution in [2.45, 2.75) is 19.0 Å². The van der Waals surface area contributed by atoms with E-state index in [1.54, 1.807) is 6.92 Å². The number of halogens is 5. The standard InChI is InChI=1S/C12H9Cl2F3N2/c1-7-10(14)6-19(18-7)11-3-2-8(5-13)4-9(11)12(15,16)17/h2-4,6H,5H2,1H3. The normalized spacial score (nSPS) is 11.9. The molecule has 0 fully saturated rings. The molecular formula is C12H9Cl2F3N2. The van der Waals surface area contributed by atoms with Crippen LogP contribution >= 0.6 is 23.2 Å². The molecule has 0 N–H and O–H groups in total. The second-order valence-electron chi connectivity index (χ2n) is 3.99. The number of aryl methyl sites for hydroxylation is 1. The fourth-order valence-corrected chi connectivity index (χ4v) is 1.95. The van der Waals surface area contributed by atoms with E-state index in [-0.39, 0.29) is 11.6 Å². The largest absolute Gasteiger partial charge is 0.418 e. The molecule has 2 rings (SSSR count).